The Hall–Kier alpha value is -1.55. The Morgan fingerprint density at radius 2 is 2.27 bits per heavy atom. The van der Waals surface area contributed by atoms with E-state index in [1.54, 1.807) is 12.0 Å². The summed E-state index contributed by atoms with van der Waals surface area (Å²) in [6, 6.07) is 7.36. The number of hydrogen-bond acceptors (Lipinski definition) is 3. The van der Waals surface area contributed by atoms with E-state index in [9.17, 15) is 4.79 Å². The summed E-state index contributed by atoms with van der Waals surface area (Å²) in [6.07, 6.45) is 0. The molecule has 0 atom stereocenters. The molecule has 0 aliphatic rings. The summed E-state index contributed by atoms with van der Waals surface area (Å²) in [7, 11) is 1.60. The first-order valence-electron chi connectivity index (χ1n) is 4.81. The van der Waals surface area contributed by atoms with Crippen molar-refractivity contribution in [3.63, 3.8) is 0 Å². The lowest BCUT2D eigenvalue weighted by molar-refractivity contribution is -0.116. The average molecular weight is 208 g/mol. The van der Waals surface area contributed by atoms with E-state index in [0.717, 1.165) is 11.4 Å². The molecule has 0 saturated heterocycles. The maximum Gasteiger partial charge on any atom is 0.223 e. The molecular formula is C11H16N2O2. The first kappa shape index (κ1) is 11.5. The Morgan fingerprint density at radius 3 is 2.80 bits per heavy atom. The van der Waals surface area contributed by atoms with Gasteiger partial charge in [0.05, 0.1) is 7.11 Å². The van der Waals surface area contributed by atoms with Gasteiger partial charge in [-0.25, -0.2) is 0 Å². The number of methoxy groups -OCH3 is 1. The normalized spacial score (nSPS) is 9.80. The van der Waals surface area contributed by atoms with Crippen molar-refractivity contribution in [1.29, 1.82) is 0 Å². The van der Waals surface area contributed by atoms with Crippen molar-refractivity contribution in [2.75, 3.05) is 25.1 Å². The van der Waals surface area contributed by atoms with Crippen LogP contribution in [0.25, 0.3) is 0 Å². The quantitative estimate of drug-likeness (QED) is 0.803. The van der Waals surface area contributed by atoms with Gasteiger partial charge in [-0.1, -0.05) is 6.07 Å². The van der Waals surface area contributed by atoms with Crippen LogP contribution in [0.5, 0.6) is 5.75 Å². The number of carbonyl (C=O) groups excluding carboxylic acids is 1. The number of nitrogens with two attached hydrogens (primary N) is 1. The maximum atomic E-state index is 11.4. The Morgan fingerprint density at radius 1 is 1.53 bits per heavy atom. The van der Waals surface area contributed by atoms with Crippen LogP contribution in [-0.4, -0.2) is 26.1 Å². The second-order valence-corrected chi connectivity index (χ2v) is 3.16. The Kier molecular flexibility index (Phi) is 4.12. The molecule has 0 heterocycles. The molecule has 0 unspecified atom stereocenters. The highest BCUT2D eigenvalue weighted by Crippen LogP contribution is 2.20. The van der Waals surface area contributed by atoms with Gasteiger partial charge in [0.25, 0.3) is 0 Å². The lowest BCUT2D eigenvalue weighted by Gasteiger charge is -2.20. The van der Waals surface area contributed by atoms with Crippen LogP contribution >= 0.6 is 0 Å². The number of amides is 1. The molecular weight excluding hydrogens is 192 g/mol. The lowest BCUT2D eigenvalue weighted by Crippen LogP contribution is -2.33. The molecule has 4 nitrogen and oxygen atoms in total. The molecule has 15 heavy (non-hydrogen) atoms. The topological polar surface area (TPSA) is 55.6 Å². The minimum Gasteiger partial charge on any atom is -0.497 e. The summed E-state index contributed by atoms with van der Waals surface area (Å²) in [4.78, 5) is 13.0. The van der Waals surface area contributed by atoms with Crippen LogP contribution in [0.2, 0.25) is 0 Å². The lowest BCUT2D eigenvalue weighted by atomic mass is 10.2. The number of benzene rings is 1. The van der Waals surface area contributed by atoms with Crippen LogP contribution in [0.1, 0.15) is 6.92 Å². The van der Waals surface area contributed by atoms with E-state index in [0.29, 0.717) is 13.1 Å². The molecule has 0 bridgehead atoms. The van der Waals surface area contributed by atoms with E-state index in [2.05, 4.69) is 0 Å². The van der Waals surface area contributed by atoms with Gasteiger partial charge in [0.15, 0.2) is 0 Å². The van der Waals surface area contributed by atoms with E-state index >= 15 is 0 Å². The van der Waals surface area contributed by atoms with Crippen molar-refractivity contribution in [2.45, 2.75) is 6.92 Å². The third-order valence-corrected chi connectivity index (χ3v) is 2.10. The fraction of sp³-hybridized carbons (Fsp3) is 0.364. The second-order valence-electron chi connectivity index (χ2n) is 3.16. The monoisotopic (exact) mass is 208 g/mol. The summed E-state index contributed by atoms with van der Waals surface area (Å²) in [5, 5.41) is 0. The molecule has 1 amide bonds. The fourth-order valence-electron chi connectivity index (χ4n) is 1.38. The molecule has 0 saturated carbocycles. The first-order valence-corrected chi connectivity index (χ1v) is 4.81. The SMILES string of the molecule is COc1cccc(N(CCN)C(C)=O)c1. The fourth-order valence-corrected chi connectivity index (χ4v) is 1.38. The molecule has 4 heteroatoms. The van der Waals surface area contributed by atoms with E-state index in [4.69, 9.17) is 10.5 Å². The molecule has 0 radical (unpaired) electrons. The van der Waals surface area contributed by atoms with E-state index in [1.165, 1.54) is 6.92 Å². The minimum absolute atomic E-state index is 0.0197. The molecule has 1 aromatic rings. The van der Waals surface area contributed by atoms with Crippen LogP contribution in [0.3, 0.4) is 0 Å². The van der Waals surface area contributed by atoms with Gasteiger partial charge in [-0.15, -0.1) is 0 Å². The van der Waals surface area contributed by atoms with Crippen LogP contribution in [0.4, 0.5) is 5.69 Å². The number of carbonyl (C=O) groups is 1. The van der Waals surface area contributed by atoms with E-state index in [1.807, 2.05) is 24.3 Å². The summed E-state index contributed by atoms with van der Waals surface area (Å²) in [5.41, 5.74) is 6.26. The summed E-state index contributed by atoms with van der Waals surface area (Å²) >= 11 is 0. The van der Waals surface area contributed by atoms with Crippen LogP contribution in [-0.2, 0) is 4.79 Å². The summed E-state index contributed by atoms with van der Waals surface area (Å²) < 4.78 is 5.09. The molecule has 0 aromatic heterocycles. The van der Waals surface area contributed by atoms with Gasteiger partial charge in [-0.05, 0) is 12.1 Å². The number of anilines is 1. The van der Waals surface area contributed by atoms with Gasteiger partial charge >= 0.3 is 0 Å². The largest absolute Gasteiger partial charge is 0.497 e. The van der Waals surface area contributed by atoms with Crippen molar-refractivity contribution in [3.05, 3.63) is 24.3 Å². The highest BCUT2D eigenvalue weighted by Gasteiger charge is 2.10. The van der Waals surface area contributed by atoms with Crippen molar-refractivity contribution >= 4 is 11.6 Å². The third kappa shape index (κ3) is 2.95. The smallest absolute Gasteiger partial charge is 0.223 e. The molecule has 0 fully saturated rings. The molecule has 2 N–H and O–H groups in total. The van der Waals surface area contributed by atoms with Crippen molar-refractivity contribution in [2.24, 2.45) is 5.73 Å². The average Bonchev–Trinajstić information content (AvgIpc) is 2.25. The van der Waals surface area contributed by atoms with Gasteiger partial charge in [0, 0.05) is 31.8 Å². The van der Waals surface area contributed by atoms with Crippen LogP contribution in [0, 0.1) is 0 Å². The minimum atomic E-state index is -0.0197. The zero-order valence-corrected chi connectivity index (χ0v) is 9.06. The number of rotatable bonds is 4. The molecule has 1 rings (SSSR count). The summed E-state index contributed by atoms with van der Waals surface area (Å²) in [5.74, 6) is 0.712. The van der Waals surface area contributed by atoms with Gasteiger partial charge in [-0.2, -0.15) is 0 Å². The molecule has 82 valence electrons. The van der Waals surface area contributed by atoms with Gasteiger partial charge in [0.1, 0.15) is 5.75 Å². The molecule has 0 aliphatic heterocycles. The second kappa shape index (κ2) is 5.36. The predicted octanol–water partition coefficient (Wildman–Crippen LogP) is 1.01. The van der Waals surface area contributed by atoms with Crippen LogP contribution < -0.4 is 15.4 Å². The summed E-state index contributed by atoms with van der Waals surface area (Å²) in [6.45, 7) is 2.48. The third-order valence-electron chi connectivity index (χ3n) is 2.10. The standard InChI is InChI=1S/C11H16N2O2/c1-9(14)13(7-6-12)10-4-3-5-11(8-10)15-2/h3-5,8H,6-7,12H2,1-2H3. The van der Waals surface area contributed by atoms with E-state index < -0.39 is 0 Å². The Bertz CT molecular complexity index is 339. The maximum absolute atomic E-state index is 11.4. The predicted molar refractivity (Wildman–Crippen MR) is 60.1 cm³/mol. The zero-order valence-electron chi connectivity index (χ0n) is 9.06. The van der Waals surface area contributed by atoms with Gasteiger partial charge in [0.2, 0.25) is 5.91 Å². The number of ether oxygens (including phenoxy) is 1. The van der Waals surface area contributed by atoms with Gasteiger partial charge in [-0.3, -0.25) is 4.79 Å². The highest BCUT2D eigenvalue weighted by molar-refractivity contribution is 5.91. The van der Waals surface area contributed by atoms with Crippen molar-refractivity contribution < 1.29 is 9.53 Å². The highest BCUT2D eigenvalue weighted by atomic mass is 16.5. The van der Waals surface area contributed by atoms with E-state index in [-0.39, 0.29) is 5.91 Å². The number of hydrogen-bond donors (Lipinski definition) is 1. The Labute approximate surface area is 89.6 Å². The molecule has 0 spiro atoms. The van der Waals surface area contributed by atoms with Crippen LogP contribution in [0.15, 0.2) is 24.3 Å². The Balaban J connectivity index is 2.94. The zero-order chi connectivity index (χ0) is 11.3. The first-order chi connectivity index (χ1) is 7.19. The molecule has 1 aromatic carbocycles. The number of nitrogens with zero attached hydrogens (tertiary/aromatic N) is 1. The van der Waals surface area contributed by atoms with Gasteiger partial charge < -0.3 is 15.4 Å². The van der Waals surface area contributed by atoms with Crippen molar-refractivity contribution in [3.8, 4) is 5.75 Å². The molecule has 0 aliphatic carbocycles. The van der Waals surface area contributed by atoms with Crippen molar-refractivity contribution in [1.82, 2.24) is 0 Å².